The molecule has 0 bridgehead atoms. The van der Waals surface area contributed by atoms with E-state index in [4.69, 9.17) is 14.1 Å². The molecule has 0 rings (SSSR count). The SMILES string of the molecule is O=[Si](O)O.[AlH3].[CaH2]. The monoisotopic (exact) mass is 150 g/mol. The molecule has 3 nitrogen and oxygen atoms in total. The molecule has 0 atom stereocenters. The van der Waals surface area contributed by atoms with Gasteiger partial charge in [0.15, 0.2) is 17.4 Å². The maximum atomic E-state index is 8.74. The van der Waals surface area contributed by atoms with Gasteiger partial charge in [-0.1, -0.05) is 0 Å². The molecule has 0 unspecified atom stereocenters. The second-order valence-electron chi connectivity index (χ2n) is 0.283. The molecule has 0 aromatic heterocycles. The summed E-state index contributed by atoms with van der Waals surface area (Å²) >= 11 is 0. The average molecular weight is 150 g/mol. The Kier molecular flexibility index (Phi) is 25.2. The van der Waals surface area contributed by atoms with E-state index >= 15 is 0 Å². The molecule has 0 fully saturated rings. The predicted octanol–water partition coefficient (Wildman–Crippen LogP) is -3.71. The minimum absolute atomic E-state index is 0. The third-order valence-corrected chi connectivity index (χ3v) is 0. The Morgan fingerprint density at radius 3 is 1.33 bits per heavy atom. The van der Waals surface area contributed by atoms with Crippen molar-refractivity contribution in [3.63, 3.8) is 0 Å². The standard InChI is InChI=1S/Al.Ca.H2O3Si.5H/c;;1-4(2)3;;;;;/h;;1-2H;;;;;. The molecule has 0 saturated heterocycles. The summed E-state index contributed by atoms with van der Waals surface area (Å²) in [6, 6.07) is 0. The molecule has 0 heterocycles. The Balaban J connectivity index is -0.0000000450. The van der Waals surface area contributed by atoms with E-state index in [-0.39, 0.29) is 55.1 Å². The van der Waals surface area contributed by atoms with E-state index < -0.39 is 9.17 Å². The van der Waals surface area contributed by atoms with Crippen LogP contribution in [0.1, 0.15) is 0 Å². The van der Waals surface area contributed by atoms with Crippen LogP contribution in [0.3, 0.4) is 0 Å². The average Bonchev–Trinajstić information content (AvgIpc) is 0.811. The Morgan fingerprint density at radius 2 is 1.33 bits per heavy atom. The summed E-state index contributed by atoms with van der Waals surface area (Å²) in [7, 11) is -3.13. The summed E-state index contributed by atoms with van der Waals surface area (Å²) in [6.45, 7) is 0. The van der Waals surface area contributed by atoms with Gasteiger partial charge in [0.25, 0.3) is 0 Å². The Bertz CT molecular complexity index is 33.8. The number of hydrogen-bond acceptors (Lipinski definition) is 1. The molecule has 6 heteroatoms. The summed E-state index contributed by atoms with van der Waals surface area (Å²) in [5.74, 6) is 0. The van der Waals surface area contributed by atoms with Crippen LogP contribution in [-0.2, 0) is 4.46 Å². The van der Waals surface area contributed by atoms with Crippen molar-refractivity contribution in [1.29, 1.82) is 0 Å². The van der Waals surface area contributed by atoms with Crippen LogP contribution in [0.25, 0.3) is 0 Å². The fourth-order valence-electron chi connectivity index (χ4n) is 0. The molecule has 0 spiro atoms. The van der Waals surface area contributed by atoms with Crippen molar-refractivity contribution in [3.05, 3.63) is 0 Å². The Morgan fingerprint density at radius 1 is 1.33 bits per heavy atom. The van der Waals surface area contributed by atoms with Crippen molar-refractivity contribution in [2.75, 3.05) is 0 Å². The van der Waals surface area contributed by atoms with Gasteiger partial charge in [-0.25, -0.2) is 0 Å². The first kappa shape index (κ1) is 15.7. The molecule has 6 heavy (non-hydrogen) atoms. The number of rotatable bonds is 0. The molecule has 2 N–H and O–H groups in total. The summed E-state index contributed by atoms with van der Waals surface area (Å²) in [4.78, 5) is 14.3. The third kappa shape index (κ3) is 53.0. The first-order valence-corrected chi connectivity index (χ1v) is 1.95. The van der Waals surface area contributed by atoms with Crippen molar-refractivity contribution in [1.82, 2.24) is 0 Å². The molecule has 0 aliphatic heterocycles. The molecular weight excluding hydrogens is 143 g/mol. The van der Waals surface area contributed by atoms with Crippen LogP contribution >= 0.6 is 0 Å². The zero-order valence-corrected chi connectivity index (χ0v) is 2.80. The fourth-order valence-corrected chi connectivity index (χ4v) is 0. The molecule has 34 valence electrons. The van der Waals surface area contributed by atoms with Gasteiger partial charge >= 0.3 is 46.9 Å². The van der Waals surface area contributed by atoms with Gasteiger partial charge in [-0.15, -0.1) is 0 Å². The van der Waals surface area contributed by atoms with Crippen LogP contribution in [0.15, 0.2) is 0 Å². The topological polar surface area (TPSA) is 57.5 Å². The zero-order valence-electron chi connectivity index (χ0n) is 1.80. The van der Waals surface area contributed by atoms with E-state index in [1.165, 1.54) is 0 Å². The predicted molar refractivity (Wildman–Crippen MR) is 29.4 cm³/mol. The molecule has 0 aromatic carbocycles. The van der Waals surface area contributed by atoms with Gasteiger partial charge in [0.05, 0.1) is 0 Å². The van der Waals surface area contributed by atoms with Gasteiger partial charge in [-0.2, -0.15) is 0 Å². The van der Waals surface area contributed by atoms with Crippen molar-refractivity contribution < 1.29 is 14.1 Å². The van der Waals surface area contributed by atoms with E-state index in [0.717, 1.165) is 0 Å². The van der Waals surface area contributed by atoms with E-state index in [2.05, 4.69) is 0 Å². The maximum absolute atomic E-state index is 8.74. The first-order chi connectivity index (χ1) is 1.73. The Labute approximate surface area is 77.4 Å². The quantitative estimate of drug-likeness (QED) is 0.349. The summed E-state index contributed by atoms with van der Waals surface area (Å²) in [5.41, 5.74) is 0. The molecule has 0 aromatic rings. The first-order valence-electron chi connectivity index (χ1n) is 0.651. The molecule has 0 saturated carbocycles. The molecule has 0 amide bonds. The van der Waals surface area contributed by atoms with Gasteiger partial charge < -0.3 is 9.59 Å². The van der Waals surface area contributed by atoms with E-state index in [1.54, 1.807) is 0 Å². The van der Waals surface area contributed by atoms with Crippen molar-refractivity contribution in [2.24, 2.45) is 0 Å². The van der Waals surface area contributed by atoms with Crippen molar-refractivity contribution >= 4 is 64.3 Å². The molecule has 0 radical (unpaired) electrons. The van der Waals surface area contributed by atoms with Crippen LogP contribution in [-0.4, -0.2) is 73.9 Å². The zero-order chi connectivity index (χ0) is 3.58. The normalized spacial score (nSPS) is 4.00. The van der Waals surface area contributed by atoms with Gasteiger partial charge in [0.1, 0.15) is 0 Å². The van der Waals surface area contributed by atoms with Crippen LogP contribution in [0.2, 0.25) is 0 Å². The van der Waals surface area contributed by atoms with E-state index in [0.29, 0.717) is 0 Å². The fraction of sp³-hybridized carbons (Fsp3) is 0. The van der Waals surface area contributed by atoms with Crippen molar-refractivity contribution in [3.8, 4) is 0 Å². The molecule has 0 aliphatic rings. The number of hydrogen-bond donors (Lipinski definition) is 2. The van der Waals surface area contributed by atoms with Crippen LogP contribution in [0, 0.1) is 0 Å². The van der Waals surface area contributed by atoms with Crippen LogP contribution in [0.4, 0.5) is 0 Å². The summed E-state index contributed by atoms with van der Waals surface area (Å²) in [6.07, 6.45) is 0. The Hall–Kier alpha value is 1.41. The van der Waals surface area contributed by atoms with Gasteiger partial charge in [0.2, 0.25) is 0 Å². The van der Waals surface area contributed by atoms with Crippen molar-refractivity contribution in [2.45, 2.75) is 0 Å². The summed E-state index contributed by atoms with van der Waals surface area (Å²) in [5, 5.41) is 0. The second-order valence-corrected chi connectivity index (χ2v) is 0.848. The summed E-state index contributed by atoms with van der Waals surface area (Å²) < 4.78 is 8.74. The van der Waals surface area contributed by atoms with Gasteiger partial charge in [-0.3, -0.25) is 4.46 Å². The molecular formula is H7AlCaO3Si. The van der Waals surface area contributed by atoms with E-state index in [9.17, 15) is 0 Å². The minimum atomic E-state index is -3.13. The third-order valence-electron chi connectivity index (χ3n) is 0. The van der Waals surface area contributed by atoms with Gasteiger partial charge in [0, 0.05) is 0 Å². The van der Waals surface area contributed by atoms with E-state index in [1.807, 2.05) is 0 Å². The van der Waals surface area contributed by atoms with Crippen LogP contribution < -0.4 is 0 Å². The van der Waals surface area contributed by atoms with Crippen LogP contribution in [0.5, 0.6) is 0 Å². The van der Waals surface area contributed by atoms with Gasteiger partial charge in [-0.05, 0) is 0 Å². The molecule has 0 aliphatic carbocycles. The second kappa shape index (κ2) is 9.65.